The number of methoxy groups -OCH3 is 1. The number of aryl methyl sites for hydroxylation is 3. The van der Waals surface area contributed by atoms with E-state index in [1.54, 1.807) is 36.4 Å². The standard InChI is InChI=1S/C27H27FN4O4S/c1-17-9-11-22(13-18(17)2)32-19(3)29-30-27(32)37-26(15-31(33)34)20-10-12-24(25(14-20)35-4)36-16-21-7-5-6-8-23(21)28/h5-14,26H,15-16H2,1-4H3/t26-/m1/s1. The van der Waals surface area contributed by atoms with Gasteiger partial charge in [0.1, 0.15) is 23.5 Å². The Bertz CT molecular complexity index is 1430. The van der Waals surface area contributed by atoms with Crippen LogP contribution in [0.25, 0.3) is 5.69 Å². The lowest BCUT2D eigenvalue weighted by Crippen LogP contribution is -2.11. The van der Waals surface area contributed by atoms with Crippen molar-refractivity contribution in [1.29, 1.82) is 0 Å². The van der Waals surface area contributed by atoms with Gasteiger partial charge in [0.25, 0.3) is 0 Å². The van der Waals surface area contributed by atoms with Crippen molar-refractivity contribution in [2.75, 3.05) is 13.7 Å². The van der Waals surface area contributed by atoms with Crippen molar-refractivity contribution in [2.24, 2.45) is 0 Å². The molecule has 0 aliphatic rings. The summed E-state index contributed by atoms with van der Waals surface area (Å²) in [5.41, 5.74) is 4.27. The minimum atomic E-state index is -0.571. The molecule has 4 aromatic rings. The van der Waals surface area contributed by atoms with Crippen LogP contribution in [0.2, 0.25) is 0 Å². The smallest absolute Gasteiger partial charge is 0.220 e. The van der Waals surface area contributed by atoms with Crippen LogP contribution in [-0.4, -0.2) is 33.3 Å². The van der Waals surface area contributed by atoms with E-state index in [0.717, 1.165) is 11.3 Å². The van der Waals surface area contributed by atoms with E-state index >= 15 is 0 Å². The summed E-state index contributed by atoms with van der Waals surface area (Å²) in [7, 11) is 1.49. The van der Waals surface area contributed by atoms with Crippen LogP contribution in [0.15, 0.2) is 65.8 Å². The average Bonchev–Trinajstić information content (AvgIpc) is 3.24. The van der Waals surface area contributed by atoms with E-state index in [0.29, 0.717) is 33.6 Å². The van der Waals surface area contributed by atoms with E-state index in [2.05, 4.69) is 10.2 Å². The second kappa shape index (κ2) is 11.4. The predicted octanol–water partition coefficient (Wildman–Crippen LogP) is 6.03. The van der Waals surface area contributed by atoms with Gasteiger partial charge in [-0.3, -0.25) is 14.7 Å². The molecule has 0 radical (unpaired) electrons. The van der Waals surface area contributed by atoms with E-state index < -0.39 is 5.25 Å². The molecule has 0 saturated heterocycles. The van der Waals surface area contributed by atoms with Crippen molar-refractivity contribution in [3.8, 4) is 17.2 Å². The molecule has 0 bridgehead atoms. The molecule has 0 aliphatic heterocycles. The highest BCUT2D eigenvalue weighted by atomic mass is 32.2. The maximum Gasteiger partial charge on any atom is 0.220 e. The number of halogens is 1. The number of ether oxygens (including phenoxy) is 2. The van der Waals surface area contributed by atoms with Gasteiger partial charge in [0, 0.05) is 16.2 Å². The zero-order chi connectivity index (χ0) is 26.5. The van der Waals surface area contributed by atoms with E-state index in [-0.39, 0.29) is 23.9 Å². The summed E-state index contributed by atoms with van der Waals surface area (Å²) in [5, 5.41) is 20.1. The molecular formula is C27H27FN4O4S. The second-order valence-corrected chi connectivity index (χ2v) is 9.72. The molecule has 0 unspecified atom stereocenters. The van der Waals surface area contributed by atoms with Crippen LogP contribution in [0.5, 0.6) is 11.5 Å². The molecule has 1 atom stereocenters. The molecule has 10 heteroatoms. The molecule has 3 aromatic carbocycles. The van der Waals surface area contributed by atoms with Gasteiger partial charge in [-0.15, -0.1) is 10.2 Å². The summed E-state index contributed by atoms with van der Waals surface area (Å²) >= 11 is 1.26. The highest BCUT2D eigenvalue weighted by Gasteiger charge is 2.25. The quantitative estimate of drug-likeness (QED) is 0.143. The van der Waals surface area contributed by atoms with Crippen molar-refractivity contribution in [1.82, 2.24) is 14.8 Å². The molecule has 0 N–H and O–H groups in total. The molecule has 4 rings (SSSR count). The number of hydrogen-bond acceptors (Lipinski definition) is 7. The Balaban J connectivity index is 1.62. The maximum absolute atomic E-state index is 14.0. The third kappa shape index (κ3) is 6.08. The fourth-order valence-electron chi connectivity index (χ4n) is 3.83. The van der Waals surface area contributed by atoms with Crippen molar-refractivity contribution < 1.29 is 18.8 Å². The topological polar surface area (TPSA) is 92.3 Å². The van der Waals surface area contributed by atoms with Gasteiger partial charge < -0.3 is 9.47 Å². The van der Waals surface area contributed by atoms with Crippen LogP contribution in [0.3, 0.4) is 0 Å². The van der Waals surface area contributed by atoms with Gasteiger partial charge in [-0.05, 0) is 67.8 Å². The molecule has 192 valence electrons. The third-order valence-electron chi connectivity index (χ3n) is 6.01. The van der Waals surface area contributed by atoms with Crippen molar-refractivity contribution in [2.45, 2.75) is 37.8 Å². The molecule has 8 nitrogen and oxygen atoms in total. The first-order valence-corrected chi connectivity index (χ1v) is 12.5. The highest BCUT2D eigenvalue weighted by Crippen LogP contribution is 2.39. The van der Waals surface area contributed by atoms with Gasteiger partial charge in [0.05, 0.1) is 7.11 Å². The summed E-state index contributed by atoms with van der Waals surface area (Å²) in [4.78, 5) is 11.2. The SMILES string of the molecule is COc1cc([C@@H](C[N+](=O)[O-])Sc2nnc(C)n2-c2ccc(C)c(C)c2)ccc1OCc1ccccc1F. The van der Waals surface area contributed by atoms with Gasteiger partial charge in [-0.2, -0.15) is 0 Å². The first kappa shape index (κ1) is 26.2. The fourth-order valence-corrected chi connectivity index (χ4v) is 4.99. The van der Waals surface area contributed by atoms with Crippen LogP contribution in [0.4, 0.5) is 4.39 Å². The lowest BCUT2D eigenvalue weighted by molar-refractivity contribution is -0.479. The average molecular weight is 523 g/mol. The minimum Gasteiger partial charge on any atom is -0.493 e. The van der Waals surface area contributed by atoms with Crippen LogP contribution in [0.1, 0.15) is 33.3 Å². The molecule has 0 aliphatic carbocycles. The summed E-state index contributed by atoms with van der Waals surface area (Å²) in [6, 6.07) is 17.6. The predicted molar refractivity (Wildman–Crippen MR) is 140 cm³/mol. The number of nitrogens with zero attached hydrogens (tertiary/aromatic N) is 4. The number of benzene rings is 3. The minimum absolute atomic E-state index is 0.0216. The number of thioether (sulfide) groups is 1. The lowest BCUT2D eigenvalue weighted by atomic mass is 10.1. The Labute approximate surface area is 218 Å². The fraction of sp³-hybridized carbons (Fsp3) is 0.259. The molecule has 37 heavy (non-hydrogen) atoms. The van der Waals surface area contributed by atoms with Crippen molar-refractivity contribution in [3.05, 3.63) is 105 Å². The number of hydrogen-bond donors (Lipinski definition) is 0. The van der Waals surface area contributed by atoms with Gasteiger partial charge in [-0.1, -0.05) is 42.1 Å². The molecule has 0 fully saturated rings. The van der Waals surface area contributed by atoms with Gasteiger partial charge >= 0.3 is 0 Å². The zero-order valence-electron chi connectivity index (χ0n) is 21.0. The van der Waals surface area contributed by atoms with E-state index in [1.165, 1.54) is 30.5 Å². The molecule has 1 aromatic heterocycles. The first-order valence-electron chi connectivity index (χ1n) is 11.6. The lowest BCUT2D eigenvalue weighted by Gasteiger charge is -2.17. The molecule has 0 spiro atoms. The maximum atomic E-state index is 14.0. The molecular weight excluding hydrogens is 495 g/mol. The van der Waals surface area contributed by atoms with E-state index in [4.69, 9.17) is 9.47 Å². The van der Waals surface area contributed by atoms with Crippen LogP contribution in [-0.2, 0) is 6.61 Å². The van der Waals surface area contributed by atoms with Gasteiger partial charge in [0.2, 0.25) is 6.54 Å². The van der Waals surface area contributed by atoms with Crippen LogP contribution in [0, 0.1) is 36.7 Å². The summed E-state index contributed by atoms with van der Waals surface area (Å²) in [5.74, 6) is 1.13. The normalized spacial score (nSPS) is 11.8. The Morgan fingerprint density at radius 2 is 1.81 bits per heavy atom. The zero-order valence-corrected chi connectivity index (χ0v) is 21.8. The monoisotopic (exact) mass is 522 g/mol. The number of aromatic nitrogens is 3. The number of rotatable bonds is 10. The number of nitro groups is 1. The van der Waals surface area contributed by atoms with Crippen molar-refractivity contribution >= 4 is 11.8 Å². The Morgan fingerprint density at radius 1 is 1.03 bits per heavy atom. The Hall–Kier alpha value is -3.92. The van der Waals surface area contributed by atoms with E-state index in [9.17, 15) is 14.5 Å². The summed E-state index contributed by atoms with van der Waals surface area (Å²) in [6.45, 7) is 5.61. The molecule has 1 heterocycles. The highest BCUT2D eigenvalue weighted by molar-refractivity contribution is 7.99. The van der Waals surface area contributed by atoms with Crippen molar-refractivity contribution in [3.63, 3.8) is 0 Å². The van der Waals surface area contributed by atoms with Crippen LogP contribution < -0.4 is 9.47 Å². The van der Waals surface area contributed by atoms with E-state index in [1.807, 2.05) is 43.5 Å². The first-order chi connectivity index (χ1) is 17.8. The second-order valence-electron chi connectivity index (χ2n) is 8.55. The molecule has 0 amide bonds. The van der Waals surface area contributed by atoms with Gasteiger partial charge in [0.15, 0.2) is 16.7 Å². The Kier molecular flexibility index (Phi) is 8.08. The third-order valence-corrected chi connectivity index (χ3v) is 7.19. The van der Waals surface area contributed by atoms with Gasteiger partial charge in [-0.25, -0.2) is 4.39 Å². The van der Waals surface area contributed by atoms with Crippen LogP contribution >= 0.6 is 11.8 Å². The largest absolute Gasteiger partial charge is 0.493 e. The molecule has 0 saturated carbocycles. The summed E-state index contributed by atoms with van der Waals surface area (Å²) in [6.07, 6.45) is 0. The Morgan fingerprint density at radius 3 is 2.51 bits per heavy atom. The summed E-state index contributed by atoms with van der Waals surface area (Å²) < 4.78 is 27.2.